The lowest BCUT2D eigenvalue weighted by Gasteiger charge is -2.15. The maximum atomic E-state index is 13.2. The maximum Gasteiger partial charge on any atom is 0.339 e. The summed E-state index contributed by atoms with van der Waals surface area (Å²) in [5, 5.41) is 3.36. The van der Waals surface area contributed by atoms with E-state index in [1.165, 1.54) is 13.1 Å². The van der Waals surface area contributed by atoms with Gasteiger partial charge in [-0.1, -0.05) is 29.8 Å². The van der Waals surface area contributed by atoms with Gasteiger partial charge in [-0.15, -0.1) is 0 Å². The summed E-state index contributed by atoms with van der Waals surface area (Å²) >= 11 is 6.00. The van der Waals surface area contributed by atoms with Gasteiger partial charge in [0.05, 0.1) is 36.7 Å². The predicted molar refractivity (Wildman–Crippen MR) is 133 cm³/mol. The van der Waals surface area contributed by atoms with Gasteiger partial charge in [-0.2, -0.15) is 0 Å². The molecule has 0 saturated heterocycles. The van der Waals surface area contributed by atoms with Gasteiger partial charge in [-0.3, -0.25) is 4.79 Å². The van der Waals surface area contributed by atoms with Crippen molar-refractivity contribution in [3.63, 3.8) is 0 Å². The summed E-state index contributed by atoms with van der Waals surface area (Å²) in [7, 11) is 3.10. The number of amides is 1. The van der Waals surface area contributed by atoms with Crippen LogP contribution >= 0.6 is 11.6 Å². The fraction of sp³-hybridized carbons (Fsp3) is 0.154. The van der Waals surface area contributed by atoms with E-state index >= 15 is 0 Å². The molecule has 8 nitrogen and oxygen atoms in total. The molecule has 0 aliphatic heterocycles. The van der Waals surface area contributed by atoms with E-state index in [1.807, 2.05) is 12.1 Å². The number of nitrogens with one attached hydrogen (secondary N) is 1. The summed E-state index contributed by atoms with van der Waals surface area (Å²) in [6, 6.07) is 17.4. The van der Waals surface area contributed by atoms with E-state index in [1.54, 1.807) is 62.8 Å². The number of hydrogen-bond donors (Lipinski definition) is 1. The summed E-state index contributed by atoms with van der Waals surface area (Å²) < 4.78 is 16.2. The summed E-state index contributed by atoms with van der Waals surface area (Å²) in [6.07, 6.45) is 0.418. The average molecular weight is 492 g/mol. The topological polar surface area (TPSA) is 99.6 Å². The minimum Gasteiger partial charge on any atom is -0.493 e. The van der Waals surface area contributed by atoms with E-state index in [0.717, 1.165) is 5.56 Å². The monoisotopic (exact) mass is 491 g/mol. The number of ether oxygens (including phenoxy) is 3. The molecule has 0 aliphatic rings. The van der Waals surface area contributed by atoms with E-state index in [-0.39, 0.29) is 10.7 Å². The van der Waals surface area contributed by atoms with Crippen LogP contribution in [-0.2, 0) is 9.53 Å². The van der Waals surface area contributed by atoms with Gasteiger partial charge in [-0.25, -0.2) is 14.8 Å². The molecule has 2 aromatic carbocycles. The number of hydrogen-bond acceptors (Lipinski definition) is 7. The Hall–Kier alpha value is -4.17. The van der Waals surface area contributed by atoms with E-state index in [9.17, 15) is 9.59 Å². The molecule has 0 aliphatic carbocycles. The standard InChI is InChI=1S/C26H22ClN3O5/c1-15(25(31)30-20-9-6-12-28-24(20)27)35-26(32)18-14-21(29-19-8-5-4-7-17(18)19)16-10-11-22(33-2)23(13-16)34-3/h4-15H,1-3H3,(H,30,31). The number of anilines is 1. The smallest absolute Gasteiger partial charge is 0.339 e. The zero-order valence-corrected chi connectivity index (χ0v) is 20.0. The number of rotatable bonds is 7. The number of esters is 1. The zero-order chi connectivity index (χ0) is 24.9. The van der Waals surface area contributed by atoms with Crippen LogP contribution in [0.2, 0.25) is 5.15 Å². The molecule has 1 amide bonds. The molecule has 0 spiro atoms. The third-order valence-corrected chi connectivity index (χ3v) is 5.59. The van der Waals surface area contributed by atoms with Crippen molar-refractivity contribution in [1.29, 1.82) is 0 Å². The molecule has 0 bridgehead atoms. The van der Waals surface area contributed by atoms with Crippen LogP contribution in [-0.4, -0.2) is 42.2 Å². The van der Waals surface area contributed by atoms with Gasteiger partial charge >= 0.3 is 5.97 Å². The maximum absolute atomic E-state index is 13.2. The molecule has 1 atom stereocenters. The highest BCUT2D eigenvalue weighted by atomic mass is 35.5. The molecule has 2 heterocycles. The largest absolute Gasteiger partial charge is 0.493 e. The predicted octanol–water partition coefficient (Wildman–Crippen LogP) is 5.15. The minimum absolute atomic E-state index is 0.138. The molecule has 1 unspecified atom stereocenters. The molecule has 178 valence electrons. The van der Waals surface area contributed by atoms with Crippen LogP contribution < -0.4 is 14.8 Å². The number of fused-ring (bicyclic) bond motifs is 1. The Bertz CT molecular complexity index is 1410. The molecule has 2 aromatic heterocycles. The number of para-hydroxylation sites is 1. The third kappa shape index (κ3) is 5.17. The number of carbonyl (C=O) groups excluding carboxylic acids is 2. The first-order chi connectivity index (χ1) is 16.9. The molecule has 0 saturated carbocycles. The fourth-order valence-electron chi connectivity index (χ4n) is 3.48. The molecule has 4 rings (SSSR count). The molecule has 9 heteroatoms. The Balaban J connectivity index is 1.65. The van der Waals surface area contributed by atoms with E-state index in [2.05, 4.69) is 10.3 Å². The van der Waals surface area contributed by atoms with Gasteiger partial charge in [0.25, 0.3) is 5.91 Å². The van der Waals surface area contributed by atoms with Gasteiger partial charge in [-0.05, 0) is 49.4 Å². The lowest BCUT2D eigenvalue weighted by Crippen LogP contribution is -2.30. The van der Waals surface area contributed by atoms with E-state index < -0.39 is 18.0 Å². The van der Waals surface area contributed by atoms with Crippen LogP contribution in [0.15, 0.2) is 66.9 Å². The minimum atomic E-state index is -1.09. The molecule has 35 heavy (non-hydrogen) atoms. The first kappa shape index (κ1) is 24.0. The Morgan fingerprint density at radius 1 is 0.971 bits per heavy atom. The van der Waals surface area contributed by atoms with Crippen LogP contribution in [0.3, 0.4) is 0 Å². The number of carbonyl (C=O) groups is 2. The molecular weight excluding hydrogens is 470 g/mol. The van der Waals surface area contributed by atoms with Crippen molar-refractivity contribution < 1.29 is 23.8 Å². The highest BCUT2D eigenvalue weighted by Crippen LogP contribution is 2.33. The molecular formula is C26H22ClN3O5. The van der Waals surface area contributed by atoms with E-state index in [4.69, 9.17) is 30.8 Å². The van der Waals surface area contributed by atoms with Gasteiger partial charge < -0.3 is 19.5 Å². The molecule has 0 radical (unpaired) electrons. The molecule has 4 aromatic rings. The van der Waals surface area contributed by atoms with Crippen molar-refractivity contribution in [3.8, 4) is 22.8 Å². The van der Waals surface area contributed by atoms with Crippen LogP contribution in [0.4, 0.5) is 5.69 Å². The summed E-state index contributed by atoms with van der Waals surface area (Å²) in [5.41, 5.74) is 2.47. The van der Waals surface area contributed by atoms with Crippen molar-refractivity contribution in [3.05, 3.63) is 77.6 Å². The molecule has 1 N–H and O–H groups in total. The number of methoxy groups -OCH3 is 2. The quantitative estimate of drug-likeness (QED) is 0.282. The van der Waals surface area contributed by atoms with Crippen molar-refractivity contribution in [2.24, 2.45) is 0 Å². The lowest BCUT2D eigenvalue weighted by molar-refractivity contribution is -0.123. The normalized spacial score (nSPS) is 11.5. The Morgan fingerprint density at radius 2 is 1.74 bits per heavy atom. The van der Waals surface area contributed by atoms with E-state index in [0.29, 0.717) is 33.8 Å². The van der Waals surface area contributed by atoms with Gasteiger partial charge in [0.1, 0.15) is 0 Å². The van der Waals surface area contributed by atoms with Crippen molar-refractivity contribution in [2.45, 2.75) is 13.0 Å². The van der Waals surface area contributed by atoms with Crippen LogP contribution in [0, 0.1) is 0 Å². The number of nitrogens with zero attached hydrogens (tertiary/aromatic N) is 2. The summed E-state index contributed by atoms with van der Waals surface area (Å²) in [6.45, 7) is 1.48. The molecule has 0 fully saturated rings. The van der Waals surface area contributed by atoms with Crippen LogP contribution in [0.25, 0.3) is 22.2 Å². The first-order valence-electron chi connectivity index (χ1n) is 10.7. The number of benzene rings is 2. The number of halogens is 1. The Morgan fingerprint density at radius 3 is 2.49 bits per heavy atom. The van der Waals surface area contributed by atoms with Crippen LogP contribution in [0.1, 0.15) is 17.3 Å². The summed E-state index contributed by atoms with van der Waals surface area (Å²) in [4.78, 5) is 34.4. The number of aromatic nitrogens is 2. The summed E-state index contributed by atoms with van der Waals surface area (Å²) in [5.74, 6) is -0.0920. The second-order valence-electron chi connectivity index (χ2n) is 7.52. The van der Waals surface area contributed by atoms with Gasteiger partial charge in [0, 0.05) is 17.1 Å². The van der Waals surface area contributed by atoms with Crippen molar-refractivity contribution >= 4 is 40.1 Å². The Kier molecular flexibility index (Phi) is 7.12. The first-order valence-corrected chi connectivity index (χ1v) is 11.0. The SMILES string of the molecule is COc1ccc(-c2cc(C(=O)OC(C)C(=O)Nc3cccnc3Cl)c3ccccc3n2)cc1OC. The lowest BCUT2D eigenvalue weighted by atomic mass is 10.0. The zero-order valence-electron chi connectivity index (χ0n) is 19.2. The number of pyridine rings is 2. The van der Waals surface area contributed by atoms with Crippen LogP contribution in [0.5, 0.6) is 11.5 Å². The highest BCUT2D eigenvalue weighted by Gasteiger charge is 2.22. The van der Waals surface area contributed by atoms with Crippen molar-refractivity contribution in [2.75, 3.05) is 19.5 Å². The van der Waals surface area contributed by atoms with Gasteiger partial charge in [0.15, 0.2) is 22.8 Å². The van der Waals surface area contributed by atoms with Crippen molar-refractivity contribution in [1.82, 2.24) is 9.97 Å². The Labute approximate surface area is 206 Å². The second-order valence-corrected chi connectivity index (χ2v) is 7.88. The van der Waals surface area contributed by atoms with Gasteiger partial charge in [0.2, 0.25) is 0 Å². The average Bonchev–Trinajstić information content (AvgIpc) is 2.88. The third-order valence-electron chi connectivity index (χ3n) is 5.29. The second kappa shape index (κ2) is 10.4. The highest BCUT2D eigenvalue weighted by molar-refractivity contribution is 6.32. The fourth-order valence-corrected chi connectivity index (χ4v) is 3.65.